The number of halogens is 1. The predicted octanol–water partition coefficient (Wildman–Crippen LogP) is 3.54. The Morgan fingerprint density at radius 2 is 1.96 bits per heavy atom. The van der Waals surface area contributed by atoms with E-state index < -0.39 is 0 Å². The molecule has 1 atom stereocenters. The fourth-order valence-corrected chi connectivity index (χ4v) is 3.09. The van der Waals surface area contributed by atoms with Crippen molar-refractivity contribution in [2.75, 3.05) is 27.3 Å². The first-order chi connectivity index (χ1) is 12.6. The maximum Gasteiger partial charge on any atom is 0.317 e. The molecule has 1 N–H and O–H groups in total. The molecule has 0 bridgehead atoms. The van der Waals surface area contributed by atoms with Crippen LogP contribution in [-0.4, -0.2) is 38.2 Å². The lowest BCUT2D eigenvalue weighted by atomic mass is 10.1. The van der Waals surface area contributed by atoms with Crippen LogP contribution in [0.15, 0.2) is 42.5 Å². The summed E-state index contributed by atoms with van der Waals surface area (Å²) < 4.78 is 24.5. The van der Waals surface area contributed by atoms with E-state index in [9.17, 15) is 9.18 Å². The summed E-state index contributed by atoms with van der Waals surface area (Å²) >= 11 is 0. The lowest BCUT2D eigenvalue weighted by molar-refractivity contribution is 0.191. The topological polar surface area (TPSA) is 50.8 Å². The largest absolute Gasteiger partial charge is 0.497 e. The molecule has 5 nitrogen and oxygen atoms in total. The van der Waals surface area contributed by atoms with E-state index in [4.69, 9.17) is 9.47 Å². The predicted molar refractivity (Wildman–Crippen MR) is 97.1 cm³/mol. The van der Waals surface area contributed by atoms with Crippen LogP contribution in [0.2, 0.25) is 0 Å². The Bertz CT molecular complexity index is 764. The van der Waals surface area contributed by atoms with Gasteiger partial charge in [-0.25, -0.2) is 9.18 Å². The normalized spacial score (nSPS) is 15.3. The van der Waals surface area contributed by atoms with Crippen LogP contribution in [0.1, 0.15) is 23.6 Å². The number of hydrogen-bond donors (Lipinski definition) is 1. The molecule has 0 spiro atoms. The number of rotatable bonds is 6. The van der Waals surface area contributed by atoms with Gasteiger partial charge in [0.15, 0.2) is 0 Å². The van der Waals surface area contributed by atoms with Crippen LogP contribution >= 0.6 is 0 Å². The minimum absolute atomic E-state index is 0.141. The van der Waals surface area contributed by atoms with Crippen molar-refractivity contribution in [2.45, 2.75) is 18.9 Å². The number of carbonyl (C=O) groups excluding carboxylic acids is 1. The van der Waals surface area contributed by atoms with E-state index in [1.807, 2.05) is 30.3 Å². The van der Waals surface area contributed by atoms with Crippen molar-refractivity contribution in [3.63, 3.8) is 0 Å². The summed E-state index contributed by atoms with van der Waals surface area (Å²) in [6, 6.07) is 12.0. The molecule has 138 valence electrons. The van der Waals surface area contributed by atoms with Crippen LogP contribution in [-0.2, 0) is 6.42 Å². The Labute approximate surface area is 152 Å². The standard InChI is InChI=1S/C20H23FN2O3/c1-23(12-13-26-15-8-6-14(25-2)7-9-15)20(24)22-19-11-10-16-17(19)4-3-5-18(16)21/h3-9,19H,10-13H2,1-2H3,(H,22,24). The number of hydrogen-bond acceptors (Lipinski definition) is 3. The second-order valence-electron chi connectivity index (χ2n) is 6.29. The van der Waals surface area contributed by atoms with Crippen LogP contribution in [0.5, 0.6) is 11.5 Å². The zero-order valence-electron chi connectivity index (χ0n) is 15.0. The van der Waals surface area contributed by atoms with Gasteiger partial charge in [-0.05, 0) is 54.3 Å². The highest BCUT2D eigenvalue weighted by atomic mass is 19.1. The van der Waals surface area contributed by atoms with Crippen molar-refractivity contribution in [1.82, 2.24) is 10.2 Å². The number of nitrogens with zero attached hydrogens (tertiary/aromatic N) is 1. The van der Waals surface area contributed by atoms with E-state index in [-0.39, 0.29) is 17.9 Å². The number of carbonyl (C=O) groups is 1. The van der Waals surface area contributed by atoms with Gasteiger partial charge in [-0.2, -0.15) is 0 Å². The first-order valence-corrected chi connectivity index (χ1v) is 8.64. The summed E-state index contributed by atoms with van der Waals surface area (Å²) in [6.45, 7) is 0.826. The summed E-state index contributed by atoms with van der Waals surface area (Å²) in [5.41, 5.74) is 1.59. The van der Waals surface area contributed by atoms with Crippen molar-refractivity contribution < 1.29 is 18.7 Å². The van der Waals surface area contributed by atoms with Gasteiger partial charge < -0.3 is 19.7 Å². The number of likely N-dealkylation sites (N-methyl/N-ethyl adjacent to an activating group) is 1. The van der Waals surface area contributed by atoms with Gasteiger partial charge in [0.1, 0.15) is 23.9 Å². The number of ether oxygens (including phenoxy) is 2. The van der Waals surface area contributed by atoms with Gasteiger partial charge in [0.25, 0.3) is 0 Å². The third kappa shape index (κ3) is 4.07. The molecule has 1 aliphatic carbocycles. The summed E-state index contributed by atoms with van der Waals surface area (Å²) in [5, 5.41) is 2.97. The average Bonchev–Trinajstić information content (AvgIpc) is 3.06. The van der Waals surface area contributed by atoms with Crippen LogP contribution < -0.4 is 14.8 Å². The molecule has 0 aromatic heterocycles. The number of nitrogens with one attached hydrogen (secondary N) is 1. The SMILES string of the molecule is COc1ccc(OCCN(C)C(=O)NC2CCc3c(F)cccc32)cc1. The molecule has 3 rings (SSSR count). The quantitative estimate of drug-likeness (QED) is 0.859. The second-order valence-corrected chi connectivity index (χ2v) is 6.29. The Hall–Kier alpha value is -2.76. The van der Waals surface area contributed by atoms with E-state index in [1.54, 1.807) is 25.1 Å². The molecular formula is C20H23FN2O3. The molecule has 0 radical (unpaired) electrons. The third-order valence-corrected chi connectivity index (χ3v) is 4.61. The maximum atomic E-state index is 13.8. The van der Waals surface area contributed by atoms with Crippen LogP contribution in [0.3, 0.4) is 0 Å². The third-order valence-electron chi connectivity index (χ3n) is 4.61. The summed E-state index contributed by atoms with van der Waals surface area (Å²) in [5.74, 6) is 1.29. The Kier molecular flexibility index (Phi) is 5.61. The van der Waals surface area contributed by atoms with Gasteiger partial charge in [-0.3, -0.25) is 0 Å². The zero-order chi connectivity index (χ0) is 18.5. The van der Waals surface area contributed by atoms with Crippen LogP contribution in [0.4, 0.5) is 9.18 Å². The minimum atomic E-state index is -0.194. The molecular weight excluding hydrogens is 335 g/mol. The molecule has 26 heavy (non-hydrogen) atoms. The molecule has 2 aromatic carbocycles. The van der Waals surface area contributed by atoms with E-state index in [0.717, 1.165) is 23.5 Å². The summed E-state index contributed by atoms with van der Waals surface area (Å²) in [7, 11) is 3.33. The van der Waals surface area contributed by atoms with Gasteiger partial charge in [-0.1, -0.05) is 12.1 Å². The molecule has 1 aliphatic rings. The fraction of sp³-hybridized carbons (Fsp3) is 0.350. The highest BCUT2D eigenvalue weighted by Gasteiger charge is 2.26. The number of benzene rings is 2. The maximum absolute atomic E-state index is 13.8. The number of fused-ring (bicyclic) bond motifs is 1. The molecule has 0 aliphatic heterocycles. The second kappa shape index (κ2) is 8.08. The van der Waals surface area contributed by atoms with Crippen molar-refractivity contribution in [3.8, 4) is 11.5 Å². The van der Waals surface area contributed by atoms with Gasteiger partial charge in [0, 0.05) is 7.05 Å². The van der Waals surface area contributed by atoms with Crippen LogP contribution in [0.25, 0.3) is 0 Å². The summed E-state index contributed by atoms with van der Waals surface area (Å²) in [6.07, 6.45) is 1.37. The van der Waals surface area contributed by atoms with E-state index in [0.29, 0.717) is 25.1 Å². The molecule has 0 saturated carbocycles. The minimum Gasteiger partial charge on any atom is -0.497 e. The monoisotopic (exact) mass is 358 g/mol. The molecule has 1 unspecified atom stereocenters. The Morgan fingerprint density at radius 1 is 1.23 bits per heavy atom. The summed E-state index contributed by atoms with van der Waals surface area (Å²) in [4.78, 5) is 13.9. The number of methoxy groups -OCH3 is 1. The van der Waals surface area contributed by atoms with E-state index in [1.165, 1.54) is 6.07 Å². The van der Waals surface area contributed by atoms with Crippen molar-refractivity contribution in [2.24, 2.45) is 0 Å². The molecule has 0 saturated heterocycles. The van der Waals surface area contributed by atoms with Gasteiger partial charge in [0.05, 0.1) is 19.7 Å². The first kappa shape index (κ1) is 18.0. The highest BCUT2D eigenvalue weighted by Crippen LogP contribution is 2.32. The molecule has 0 heterocycles. The van der Waals surface area contributed by atoms with Gasteiger partial charge in [0.2, 0.25) is 0 Å². The zero-order valence-corrected chi connectivity index (χ0v) is 15.0. The fourth-order valence-electron chi connectivity index (χ4n) is 3.09. The molecule has 2 amide bonds. The molecule has 0 fully saturated rings. The van der Waals surface area contributed by atoms with E-state index >= 15 is 0 Å². The molecule has 6 heteroatoms. The smallest absolute Gasteiger partial charge is 0.317 e. The van der Waals surface area contributed by atoms with Crippen molar-refractivity contribution >= 4 is 6.03 Å². The molecule has 2 aromatic rings. The lowest BCUT2D eigenvalue weighted by Gasteiger charge is -2.21. The first-order valence-electron chi connectivity index (χ1n) is 8.64. The van der Waals surface area contributed by atoms with Crippen molar-refractivity contribution in [1.29, 1.82) is 0 Å². The van der Waals surface area contributed by atoms with Gasteiger partial charge >= 0.3 is 6.03 Å². The number of urea groups is 1. The number of amides is 2. The van der Waals surface area contributed by atoms with Crippen LogP contribution in [0, 0.1) is 5.82 Å². The Balaban J connectivity index is 1.47. The average molecular weight is 358 g/mol. The Morgan fingerprint density at radius 3 is 2.69 bits per heavy atom. The highest BCUT2D eigenvalue weighted by molar-refractivity contribution is 5.74. The van der Waals surface area contributed by atoms with Gasteiger partial charge in [-0.15, -0.1) is 0 Å². The van der Waals surface area contributed by atoms with E-state index in [2.05, 4.69) is 5.32 Å². The lowest BCUT2D eigenvalue weighted by Crippen LogP contribution is -2.40. The van der Waals surface area contributed by atoms with Crippen molar-refractivity contribution in [3.05, 3.63) is 59.4 Å².